The molecule has 3 aromatic carbocycles. The summed E-state index contributed by atoms with van der Waals surface area (Å²) < 4.78 is 14.9. The largest absolute Gasteiger partial charge is 0.233 e. The molecule has 0 aliphatic rings. The van der Waals surface area contributed by atoms with Crippen LogP contribution in [-0.2, 0) is 0 Å². The number of hydrogen-bond acceptors (Lipinski definition) is 2. The molecule has 0 unspecified atom stereocenters. The van der Waals surface area contributed by atoms with Crippen LogP contribution in [0.15, 0.2) is 85.1 Å². The van der Waals surface area contributed by atoms with E-state index in [9.17, 15) is 9.65 Å². The van der Waals surface area contributed by atoms with Gasteiger partial charge in [-0.3, -0.25) is 0 Å². The van der Waals surface area contributed by atoms with Crippen molar-refractivity contribution in [3.8, 4) is 11.8 Å². The Bertz CT molecular complexity index is 1130. The molecule has 4 aromatic rings. The third-order valence-corrected chi connectivity index (χ3v) is 4.24. The molecule has 124 valence electrons. The average Bonchev–Trinajstić information content (AvgIpc) is 3.10. The maximum Gasteiger partial charge on any atom is 0.123 e. The third kappa shape index (κ3) is 2.87. The summed E-state index contributed by atoms with van der Waals surface area (Å²) in [6, 6.07) is 24.1. The van der Waals surface area contributed by atoms with E-state index in [4.69, 9.17) is 0 Å². The zero-order valence-electron chi connectivity index (χ0n) is 13.8. The summed E-state index contributed by atoms with van der Waals surface area (Å²) in [6.45, 7) is 0. The molecule has 0 atom stereocenters. The van der Waals surface area contributed by atoms with Crippen molar-refractivity contribution in [2.75, 3.05) is 0 Å². The van der Waals surface area contributed by atoms with Crippen molar-refractivity contribution in [3.63, 3.8) is 0 Å². The van der Waals surface area contributed by atoms with Crippen LogP contribution < -0.4 is 0 Å². The van der Waals surface area contributed by atoms with Gasteiger partial charge in [-0.1, -0.05) is 36.4 Å². The van der Waals surface area contributed by atoms with Gasteiger partial charge < -0.3 is 0 Å². The molecule has 0 saturated heterocycles. The Hall–Kier alpha value is -3.71. The van der Waals surface area contributed by atoms with Crippen LogP contribution in [0.5, 0.6) is 0 Å². The number of hydrogen-bond donors (Lipinski definition) is 0. The molecule has 4 heteroatoms. The van der Waals surface area contributed by atoms with Gasteiger partial charge >= 0.3 is 0 Å². The molecule has 0 aliphatic heterocycles. The van der Waals surface area contributed by atoms with E-state index in [1.807, 2.05) is 48.5 Å². The summed E-state index contributed by atoms with van der Waals surface area (Å²) in [5, 5.41) is 14.5. The molecule has 3 nitrogen and oxygen atoms in total. The molecule has 0 bridgehead atoms. The molecule has 1 aromatic heterocycles. The van der Waals surface area contributed by atoms with Crippen molar-refractivity contribution in [2.24, 2.45) is 0 Å². The molecular weight excluding hydrogens is 325 g/mol. The van der Waals surface area contributed by atoms with E-state index in [1.54, 1.807) is 29.1 Å². The second kappa shape index (κ2) is 6.66. The highest BCUT2D eigenvalue weighted by Gasteiger charge is 2.09. The summed E-state index contributed by atoms with van der Waals surface area (Å²) >= 11 is 0. The first-order chi connectivity index (χ1) is 12.8. The van der Waals surface area contributed by atoms with Crippen LogP contribution >= 0.6 is 0 Å². The van der Waals surface area contributed by atoms with E-state index in [-0.39, 0.29) is 5.82 Å². The molecular formula is C22H14FN3. The van der Waals surface area contributed by atoms with Crippen molar-refractivity contribution in [3.05, 3.63) is 102 Å². The van der Waals surface area contributed by atoms with Gasteiger partial charge in [0.25, 0.3) is 0 Å². The van der Waals surface area contributed by atoms with Crippen LogP contribution in [0.2, 0.25) is 0 Å². The van der Waals surface area contributed by atoms with Crippen LogP contribution in [0.3, 0.4) is 0 Å². The molecule has 0 N–H and O–H groups in total. The Balaban J connectivity index is 1.81. The quantitative estimate of drug-likeness (QED) is 0.486. The van der Waals surface area contributed by atoms with Gasteiger partial charge in [0.1, 0.15) is 5.82 Å². The monoisotopic (exact) mass is 339 g/mol. The fraction of sp³-hybridized carbons (Fsp3) is 0. The van der Waals surface area contributed by atoms with Gasteiger partial charge in [0.15, 0.2) is 0 Å². The van der Waals surface area contributed by atoms with Crippen molar-refractivity contribution in [1.29, 1.82) is 5.26 Å². The van der Waals surface area contributed by atoms with E-state index in [2.05, 4.69) is 11.2 Å². The van der Waals surface area contributed by atoms with Gasteiger partial charge in [-0.25, -0.2) is 9.07 Å². The molecule has 0 amide bonds. The van der Waals surface area contributed by atoms with E-state index < -0.39 is 0 Å². The molecule has 0 fully saturated rings. The number of nitrogens with zero attached hydrogens (tertiary/aromatic N) is 3. The maximum atomic E-state index is 13.2. The van der Waals surface area contributed by atoms with Gasteiger partial charge in [-0.2, -0.15) is 10.4 Å². The minimum absolute atomic E-state index is 0.276. The highest BCUT2D eigenvalue weighted by molar-refractivity contribution is 5.89. The third-order valence-electron chi connectivity index (χ3n) is 4.24. The van der Waals surface area contributed by atoms with Gasteiger partial charge in [0.05, 0.1) is 23.5 Å². The molecule has 0 aliphatic carbocycles. The molecule has 1 heterocycles. The summed E-state index contributed by atoms with van der Waals surface area (Å²) in [5.41, 5.74) is 4.52. The van der Waals surface area contributed by atoms with Crippen molar-refractivity contribution < 1.29 is 4.39 Å². The van der Waals surface area contributed by atoms with Crippen molar-refractivity contribution in [1.82, 2.24) is 9.78 Å². The lowest BCUT2D eigenvalue weighted by Gasteiger charge is -2.08. The first kappa shape index (κ1) is 15.8. The fourth-order valence-electron chi connectivity index (χ4n) is 3.00. The lowest BCUT2D eigenvalue weighted by molar-refractivity contribution is 0.627. The summed E-state index contributed by atoms with van der Waals surface area (Å²) in [6.07, 6.45) is 3.33. The number of rotatable bonds is 3. The predicted octanol–water partition coefficient (Wildman–Crippen LogP) is 5.12. The number of benzene rings is 3. The zero-order valence-corrected chi connectivity index (χ0v) is 13.8. The highest BCUT2D eigenvalue weighted by atomic mass is 19.1. The lowest BCUT2D eigenvalue weighted by atomic mass is 9.97. The van der Waals surface area contributed by atoms with Crippen LogP contribution in [-0.4, -0.2) is 9.78 Å². The Morgan fingerprint density at radius 1 is 0.962 bits per heavy atom. The van der Waals surface area contributed by atoms with E-state index in [0.29, 0.717) is 0 Å². The Kier molecular flexibility index (Phi) is 4.04. The second-order valence-electron chi connectivity index (χ2n) is 5.86. The fourth-order valence-corrected chi connectivity index (χ4v) is 3.00. The molecule has 26 heavy (non-hydrogen) atoms. The summed E-state index contributed by atoms with van der Waals surface area (Å²) in [5.74, 6) is -0.276. The smallest absolute Gasteiger partial charge is 0.123 e. The maximum absolute atomic E-state index is 13.2. The predicted molar refractivity (Wildman–Crippen MR) is 100 cm³/mol. The number of aromatic nitrogens is 2. The standard InChI is InChI=1S/C22H14FN3/c23-19-7-9-20(10-8-19)26-22-11-6-17(14-18(22)15-25-26)21(12-13-24)16-4-2-1-3-5-16/h1-12,14-15H. The highest BCUT2D eigenvalue weighted by Crippen LogP contribution is 2.27. The SMILES string of the molecule is N#CC=C(c1ccccc1)c1ccc2c(cnn2-c2ccc(F)cc2)c1. The van der Waals surface area contributed by atoms with Crippen LogP contribution in [0.4, 0.5) is 4.39 Å². The lowest BCUT2D eigenvalue weighted by Crippen LogP contribution is -1.96. The van der Waals surface area contributed by atoms with Crippen LogP contribution in [0.1, 0.15) is 11.1 Å². The topological polar surface area (TPSA) is 41.6 Å². The molecule has 0 radical (unpaired) electrons. The minimum Gasteiger partial charge on any atom is -0.233 e. The first-order valence-electron chi connectivity index (χ1n) is 8.15. The van der Waals surface area contributed by atoms with Gasteiger partial charge in [0, 0.05) is 11.5 Å². The normalized spacial score (nSPS) is 11.5. The second-order valence-corrected chi connectivity index (χ2v) is 5.86. The molecule has 4 rings (SSSR count). The number of fused-ring (bicyclic) bond motifs is 1. The Labute approximate surface area is 150 Å². The molecule has 0 saturated carbocycles. The van der Waals surface area contributed by atoms with Crippen LogP contribution in [0, 0.1) is 17.1 Å². The number of halogens is 1. The van der Waals surface area contributed by atoms with Gasteiger partial charge in [-0.15, -0.1) is 0 Å². The van der Waals surface area contributed by atoms with E-state index >= 15 is 0 Å². The first-order valence-corrected chi connectivity index (χ1v) is 8.15. The average molecular weight is 339 g/mol. The number of nitriles is 1. The summed E-state index contributed by atoms with van der Waals surface area (Å²) in [7, 11) is 0. The van der Waals surface area contributed by atoms with Gasteiger partial charge in [0.2, 0.25) is 0 Å². The Morgan fingerprint density at radius 2 is 1.73 bits per heavy atom. The number of allylic oxidation sites excluding steroid dienone is 1. The van der Waals surface area contributed by atoms with Crippen molar-refractivity contribution >= 4 is 16.5 Å². The van der Waals surface area contributed by atoms with E-state index in [1.165, 1.54) is 12.1 Å². The van der Waals surface area contributed by atoms with E-state index in [0.717, 1.165) is 33.3 Å². The summed E-state index contributed by atoms with van der Waals surface area (Å²) in [4.78, 5) is 0. The Morgan fingerprint density at radius 3 is 2.46 bits per heavy atom. The van der Waals surface area contributed by atoms with Crippen molar-refractivity contribution in [2.45, 2.75) is 0 Å². The van der Waals surface area contributed by atoms with Gasteiger partial charge in [-0.05, 0) is 53.1 Å². The van der Waals surface area contributed by atoms with Crippen LogP contribution in [0.25, 0.3) is 22.2 Å². The molecule has 0 spiro atoms. The minimum atomic E-state index is -0.276. The zero-order chi connectivity index (χ0) is 17.9.